The molecule has 4 N–H and O–H groups in total. The van der Waals surface area contributed by atoms with Crippen LogP contribution in [0.3, 0.4) is 0 Å². The van der Waals surface area contributed by atoms with E-state index in [-0.39, 0.29) is 19.8 Å². The second-order valence-electron chi connectivity index (χ2n) is 3.02. The maximum absolute atomic E-state index is 8.48. The minimum atomic E-state index is 0.0694. The number of rotatable bonds is 6. The molecule has 6 nitrogen and oxygen atoms in total. The highest BCUT2D eigenvalue weighted by Crippen LogP contribution is 1.84. The van der Waals surface area contributed by atoms with Crippen molar-refractivity contribution < 1.29 is 15.3 Å². The van der Waals surface area contributed by atoms with Gasteiger partial charge in [0.25, 0.3) is 0 Å². The summed E-state index contributed by atoms with van der Waals surface area (Å²) in [6, 6.07) is 0. The van der Waals surface area contributed by atoms with Crippen molar-refractivity contribution in [3.8, 4) is 0 Å². The fraction of sp³-hybridized carbons (Fsp3) is 0.889. The zero-order valence-corrected chi connectivity index (χ0v) is 8.97. The van der Waals surface area contributed by atoms with E-state index in [9.17, 15) is 0 Å². The fourth-order valence-corrected chi connectivity index (χ4v) is 1.08. The molecule has 90 valence electrons. The third-order valence-electron chi connectivity index (χ3n) is 1.82. The highest BCUT2D eigenvalue weighted by molar-refractivity contribution is 5.58. The summed E-state index contributed by atoms with van der Waals surface area (Å²) in [7, 11) is 0. The maximum Gasteiger partial charge on any atom is 0.0558 e. The summed E-state index contributed by atoms with van der Waals surface area (Å²) in [4.78, 5) is 1.79. The van der Waals surface area contributed by atoms with Crippen molar-refractivity contribution >= 4 is 6.21 Å². The number of nitrogens with one attached hydrogen (secondary N) is 1. The average molecular weight is 219 g/mol. The van der Waals surface area contributed by atoms with Crippen molar-refractivity contribution in [3.63, 3.8) is 0 Å². The molecule has 0 spiro atoms. The summed E-state index contributed by atoms with van der Waals surface area (Å²) in [5.41, 5.74) is 2.79. The first-order valence-corrected chi connectivity index (χ1v) is 5.14. The standard InChI is InChI=1S/C6H15NO3.C3H6N2/c8-4-1-7(2-5-9)3-6-10;1-2-4-5-3-1/h8-10H,1-6H2;2,5H,1,3H2. The summed E-state index contributed by atoms with van der Waals surface area (Å²) >= 11 is 0. The van der Waals surface area contributed by atoms with Gasteiger partial charge < -0.3 is 20.7 Å². The van der Waals surface area contributed by atoms with Crippen LogP contribution in [0.1, 0.15) is 6.42 Å². The highest BCUT2D eigenvalue weighted by Gasteiger charge is 2.00. The van der Waals surface area contributed by atoms with Gasteiger partial charge in [-0.1, -0.05) is 0 Å². The van der Waals surface area contributed by atoms with Crippen LogP contribution in [0.4, 0.5) is 0 Å². The number of hydrogen-bond acceptors (Lipinski definition) is 6. The van der Waals surface area contributed by atoms with Gasteiger partial charge in [-0.25, -0.2) is 0 Å². The van der Waals surface area contributed by atoms with Gasteiger partial charge in [0.15, 0.2) is 0 Å². The maximum atomic E-state index is 8.48. The molecule has 0 aliphatic carbocycles. The van der Waals surface area contributed by atoms with Gasteiger partial charge in [-0.05, 0) is 0 Å². The minimum absolute atomic E-state index is 0.0694. The number of hydrogen-bond donors (Lipinski definition) is 4. The SMILES string of the molecule is C1=NNCC1.OCCN(CCO)CCO. The highest BCUT2D eigenvalue weighted by atomic mass is 16.3. The summed E-state index contributed by atoms with van der Waals surface area (Å²) in [5.74, 6) is 0. The number of nitrogens with zero attached hydrogens (tertiary/aromatic N) is 2. The van der Waals surface area contributed by atoms with Crippen molar-refractivity contribution in [2.45, 2.75) is 6.42 Å². The first kappa shape index (κ1) is 14.3. The van der Waals surface area contributed by atoms with E-state index in [4.69, 9.17) is 15.3 Å². The van der Waals surface area contributed by atoms with E-state index in [1.165, 1.54) is 0 Å². The van der Waals surface area contributed by atoms with Crippen LogP contribution < -0.4 is 5.43 Å². The zero-order chi connectivity index (χ0) is 11.4. The van der Waals surface area contributed by atoms with E-state index in [0.29, 0.717) is 19.6 Å². The predicted octanol–water partition coefficient (Wildman–Crippen LogP) is -1.77. The summed E-state index contributed by atoms with van der Waals surface area (Å²) in [6.07, 6.45) is 2.97. The molecule has 6 heteroatoms. The molecule has 1 rings (SSSR count). The van der Waals surface area contributed by atoms with Gasteiger partial charge in [0, 0.05) is 38.8 Å². The molecule has 0 saturated carbocycles. The Morgan fingerprint density at radius 2 is 1.60 bits per heavy atom. The summed E-state index contributed by atoms with van der Waals surface area (Å²) < 4.78 is 0. The lowest BCUT2D eigenvalue weighted by Crippen LogP contribution is -2.32. The van der Waals surface area contributed by atoms with E-state index in [1.54, 1.807) is 4.90 Å². The van der Waals surface area contributed by atoms with Crippen LogP contribution in [0.15, 0.2) is 5.10 Å². The Balaban J connectivity index is 0.000000322. The smallest absolute Gasteiger partial charge is 0.0558 e. The quantitative estimate of drug-likeness (QED) is 0.425. The lowest BCUT2D eigenvalue weighted by atomic mass is 10.4. The molecule has 1 heterocycles. The molecule has 0 aromatic carbocycles. The molecule has 0 aromatic rings. The molecule has 0 saturated heterocycles. The van der Waals surface area contributed by atoms with E-state index in [1.807, 2.05) is 6.21 Å². The first-order valence-electron chi connectivity index (χ1n) is 5.14. The van der Waals surface area contributed by atoms with Crippen molar-refractivity contribution in [1.82, 2.24) is 10.3 Å². The molecule has 1 aliphatic heterocycles. The Bertz CT molecular complexity index is 135. The molecule has 0 atom stereocenters. The van der Waals surface area contributed by atoms with Gasteiger partial charge in [0.1, 0.15) is 0 Å². The third-order valence-corrected chi connectivity index (χ3v) is 1.82. The van der Waals surface area contributed by atoms with Gasteiger partial charge >= 0.3 is 0 Å². The average Bonchev–Trinajstić information content (AvgIpc) is 2.77. The van der Waals surface area contributed by atoms with Crippen molar-refractivity contribution in [2.75, 3.05) is 46.0 Å². The Labute approximate surface area is 90.2 Å². The van der Waals surface area contributed by atoms with Crippen molar-refractivity contribution in [1.29, 1.82) is 0 Å². The summed E-state index contributed by atoms with van der Waals surface area (Å²) in [6.45, 7) is 2.78. The Hall–Kier alpha value is -0.690. The van der Waals surface area contributed by atoms with Gasteiger partial charge in [-0.15, -0.1) is 0 Å². The lowest BCUT2D eigenvalue weighted by Gasteiger charge is -2.17. The Kier molecular flexibility index (Phi) is 10.9. The minimum Gasteiger partial charge on any atom is -0.395 e. The molecule has 0 fully saturated rings. The van der Waals surface area contributed by atoms with E-state index >= 15 is 0 Å². The van der Waals surface area contributed by atoms with Crippen LogP contribution >= 0.6 is 0 Å². The van der Waals surface area contributed by atoms with Crippen LogP contribution in [0.2, 0.25) is 0 Å². The van der Waals surface area contributed by atoms with Crippen molar-refractivity contribution in [2.24, 2.45) is 5.10 Å². The molecule has 0 radical (unpaired) electrons. The van der Waals surface area contributed by atoms with E-state index in [2.05, 4.69) is 10.5 Å². The second-order valence-corrected chi connectivity index (χ2v) is 3.02. The summed E-state index contributed by atoms with van der Waals surface area (Å²) in [5, 5.41) is 29.2. The Morgan fingerprint density at radius 1 is 1.07 bits per heavy atom. The molecular weight excluding hydrogens is 198 g/mol. The zero-order valence-electron chi connectivity index (χ0n) is 8.97. The molecular formula is C9H21N3O3. The van der Waals surface area contributed by atoms with E-state index < -0.39 is 0 Å². The largest absolute Gasteiger partial charge is 0.395 e. The molecule has 15 heavy (non-hydrogen) atoms. The number of aliphatic hydroxyl groups is 3. The predicted molar refractivity (Wildman–Crippen MR) is 58.8 cm³/mol. The molecule has 0 unspecified atom stereocenters. The van der Waals surface area contributed by atoms with Gasteiger partial charge in [-0.3, -0.25) is 4.90 Å². The second kappa shape index (κ2) is 11.4. The molecule has 0 amide bonds. The van der Waals surface area contributed by atoms with Crippen LogP contribution in [-0.2, 0) is 0 Å². The topological polar surface area (TPSA) is 88.3 Å². The monoisotopic (exact) mass is 219 g/mol. The Morgan fingerprint density at radius 3 is 1.80 bits per heavy atom. The van der Waals surface area contributed by atoms with Crippen LogP contribution in [0.25, 0.3) is 0 Å². The first-order chi connectivity index (χ1) is 7.35. The van der Waals surface area contributed by atoms with Crippen LogP contribution in [-0.4, -0.2) is 72.4 Å². The van der Waals surface area contributed by atoms with Gasteiger partial charge in [0.2, 0.25) is 0 Å². The van der Waals surface area contributed by atoms with Crippen molar-refractivity contribution in [3.05, 3.63) is 0 Å². The van der Waals surface area contributed by atoms with Crippen LogP contribution in [0, 0.1) is 0 Å². The van der Waals surface area contributed by atoms with Crippen LogP contribution in [0.5, 0.6) is 0 Å². The van der Waals surface area contributed by atoms with Gasteiger partial charge in [-0.2, -0.15) is 5.10 Å². The number of hydrazone groups is 1. The normalized spacial score (nSPS) is 13.6. The molecule has 0 bridgehead atoms. The number of aliphatic hydroxyl groups excluding tert-OH is 3. The lowest BCUT2D eigenvalue weighted by molar-refractivity contribution is 0.136. The molecule has 0 aromatic heterocycles. The fourth-order valence-electron chi connectivity index (χ4n) is 1.08. The molecule has 1 aliphatic rings. The van der Waals surface area contributed by atoms with Gasteiger partial charge in [0.05, 0.1) is 19.8 Å². The van der Waals surface area contributed by atoms with E-state index in [0.717, 1.165) is 13.0 Å². The third kappa shape index (κ3) is 9.61.